The number of carbonyl (C=O) groups is 1. The van der Waals surface area contributed by atoms with E-state index in [4.69, 9.17) is 9.47 Å². The van der Waals surface area contributed by atoms with Crippen LogP contribution >= 0.6 is 0 Å². The van der Waals surface area contributed by atoms with Crippen molar-refractivity contribution in [2.24, 2.45) is 5.92 Å². The van der Waals surface area contributed by atoms with E-state index in [9.17, 15) is 4.79 Å². The van der Waals surface area contributed by atoms with Gasteiger partial charge in [0.2, 0.25) is 5.88 Å². The van der Waals surface area contributed by atoms with Crippen LogP contribution in [0, 0.1) is 12.8 Å². The Morgan fingerprint density at radius 1 is 1.33 bits per heavy atom. The highest BCUT2D eigenvalue weighted by Gasteiger charge is 2.25. The first-order chi connectivity index (χ1) is 11.7. The number of ether oxygens (including phenoxy) is 2. The second-order valence-electron chi connectivity index (χ2n) is 6.70. The number of carbonyl (C=O) groups excluding carboxylic acids is 1. The molecule has 0 aromatic carbocycles. The maximum absolute atomic E-state index is 12.3. The number of piperidine rings is 1. The molecule has 0 aliphatic carbocycles. The van der Waals surface area contributed by atoms with Gasteiger partial charge in [-0.1, -0.05) is 6.07 Å². The van der Waals surface area contributed by atoms with Gasteiger partial charge in [-0.3, -0.25) is 0 Å². The van der Waals surface area contributed by atoms with Crippen molar-refractivity contribution >= 4 is 6.03 Å². The summed E-state index contributed by atoms with van der Waals surface area (Å²) >= 11 is 0. The molecule has 0 atom stereocenters. The van der Waals surface area contributed by atoms with Crippen molar-refractivity contribution in [3.05, 3.63) is 23.9 Å². The monoisotopic (exact) mass is 333 g/mol. The highest BCUT2D eigenvalue weighted by atomic mass is 16.5. The fraction of sp³-hybridized carbons (Fsp3) is 0.667. The van der Waals surface area contributed by atoms with Gasteiger partial charge in [-0.25, -0.2) is 9.78 Å². The van der Waals surface area contributed by atoms with Gasteiger partial charge in [0, 0.05) is 44.1 Å². The Balaban J connectivity index is 1.39. The zero-order chi connectivity index (χ0) is 16.8. The fourth-order valence-electron chi connectivity index (χ4n) is 3.23. The second-order valence-corrected chi connectivity index (χ2v) is 6.70. The number of aromatic nitrogens is 1. The number of nitrogens with zero attached hydrogens (tertiary/aromatic N) is 2. The molecule has 1 aromatic rings. The molecule has 2 amide bonds. The molecular weight excluding hydrogens is 306 g/mol. The predicted molar refractivity (Wildman–Crippen MR) is 91.1 cm³/mol. The minimum absolute atomic E-state index is 0.0711. The van der Waals surface area contributed by atoms with Crippen molar-refractivity contribution in [3.8, 4) is 5.88 Å². The quantitative estimate of drug-likeness (QED) is 0.919. The molecule has 2 aliphatic heterocycles. The molecule has 1 aromatic heterocycles. The fourth-order valence-corrected chi connectivity index (χ4v) is 3.23. The van der Waals surface area contributed by atoms with Crippen LogP contribution in [0.4, 0.5) is 4.79 Å². The van der Waals surface area contributed by atoms with Gasteiger partial charge in [0.15, 0.2) is 0 Å². The molecule has 6 heteroatoms. The van der Waals surface area contributed by atoms with Crippen LogP contribution in [0.5, 0.6) is 5.88 Å². The largest absolute Gasteiger partial charge is 0.477 e. The number of amides is 2. The van der Waals surface area contributed by atoms with Gasteiger partial charge in [-0.05, 0) is 44.6 Å². The molecule has 0 bridgehead atoms. The number of pyridine rings is 1. The number of hydrogen-bond acceptors (Lipinski definition) is 4. The summed E-state index contributed by atoms with van der Waals surface area (Å²) in [5.74, 6) is 1.20. The molecule has 2 saturated heterocycles. The summed E-state index contributed by atoms with van der Waals surface area (Å²) < 4.78 is 11.2. The van der Waals surface area contributed by atoms with Crippen molar-refractivity contribution in [1.82, 2.24) is 15.2 Å². The van der Waals surface area contributed by atoms with Crippen LogP contribution < -0.4 is 10.1 Å². The lowest BCUT2D eigenvalue weighted by atomic mass is 9.98. The van der Waals surface area contributed by atoms with E-state index in [-0.39, 0.29) is 12.1 Å². The molecule has 0 unspecified atom stereocenters. The molecule has 2 aliphatic rings. The van der Waals surface area contributed by atoms with E-state index in [1.807, 2.05) is 24.0 Å². The molecule has 0 spiro atoms. The highest BCUT2D eigenvalue weighted by molar-refractivity contribution is 5.74. The van der Waals surface area contributed by atoms with Crippen LogP contribution in [0.3, 0.4) is 0 Å². The van der Waals surface area contributed by atoms with Crippen molar-refractivity contribution < 1.29 is 14.3 Å². The van der Waals surface area contributed by atoms with Crippen molar-refractivity contribution in [1.29, 1.82) is 0 Å². The average molecular weight is 333 g/mol. The van der Waals surface area contributed by atoms with Crippen LogP contribution in [0.15, 0.2) is 18.3 Å². The highest BCUT2D eigenvalue weighted by Crippen LogP contribution is 2.20. The number of aryl methyl sites for hydroxylation is 1. The molecule has 24 heavy (non-hydrogen) atoms. The van der Waals surface area contributed by atoms with Gasteiger partial charge in [0.05, 0.1) is 6.61 Å². The van der Waals surface area contributed by atoms with Gasteiger partial charge in [-0.15, -0.1) is 0 Å². The topological polar surface area (TPSA) is 63.7 Å². The maximum Gasteiger partial charge on any atom is 0.317 e. The molecule has 0 saturated carbocycles. The molecule has 1 N–H and O–H groups in total. The normalized spacial score (nSPS) is 20.0. The molecule has 6 nitrogen and oxygen atoms in total. The Kier molecular flexibility index (Phi) is 5.91. The summed E-state index contributed by atoms with van der Waals surface area (Å²) in [4.78, 5) is 18.5. The SMILES string of the molecule is Cc1cccnc1OCC1CCN(C(=O)NC2CCOCC2)CC1. The van der Waals surface area contributed by atoms with Gasteiger partial charge in [0.1, 0.15) is 0 Å². The van der Waals surface area contributed by atoms with Gasteiger partial charge in [-0.2, -0.15) is 0 Å². The van der Waals surface area contributed by atoms with E-state index in [0.717, 1.165) is 63.4 Å². The first-order valence-corrected chi connectivity index (χ1v) is 8.90. The van der Waals surface area contributed by atoms with Crippen LogP contribution in [0.1, 0.15) is 31.2 Å². The lowest BCUT2D eigenvalue weighted by Gasteiger charge is -2.33. The van der Waals surface area contributed by atoms with E-state index >= 15 is 0 Å². The number of likely N-dealkylation sites (tertiary alicyclic amines) is 1. The number of nitrogens with one attached hydrogen (secondary N) is 1. The van der Waals surface area contributed by atoms with E-state index in [0.29, 0.717) is 12.5 Å². The van der Waals surface area contributed by atoms with Crippen molar-refractivity contribution in [3.63, 3.8) is 0 Å². The van der Waals surface area contributed by atoms with Gasteiger partial charge >= 0.3 is 6.03 Å². The molecule has 2 fully saturated rings. The third kappa shape index (κ3) is 4.60. The molecule has 3 heterocycles. The lowest BCUT2D eigenvalue weighted by Crippen LogP contribution is -2.49. The Hall–Kier alpha value is -1.82. The van der Waals surface area contributed by atoms with E-state index in [1.54, 1.807) is 6.20 Å². The smallest absolute Gasteiger partial charge is 0.317 e. The molecule has 3 rings (SSSR count). The zero-order valence-electron chi connectivity index (χ0n) is 14.4. The Morgan fingerprint density at radius 2 is 2.08 bits per heavy atom. The third-order valence-corrected chi connectivity index (χ3v) is 4.87. The minimum atomic E-state index is 0.0711. The molecule has 132 valence electrons. The summed E-state index contributed by atoms with van der Waals surface area (Å²) in [6.07, 6.45) is 5.55. The summed E-state index contributed by atoms with van der Waals surface area (Å²) in [7, 11) is 0. The van der Waals surface area contributed by atoms with E-state index in [2.05, 4.69) is 10.3 Å². The van der Waals surface area contributed by atoms with Crippen LogP contribution in [0.2, 0.25) is 0 Å². The summed E-state index contributed by atoms with van der Waals surface area (Å²) in [5, 5.41) is 3.13. The second kappa shape index (κ2) is 8.33. The molecular formula is C18H27N3O3. The van der Waals surface area contributed by atoms with Gasteiger partial charge in [0.25, 0.3) is 0 Å². The maximum atomic E-state index is 12.3. The minimum Gasteiger partial charge on any atom is -0.477 e. The van der Waals surface area contributed by atoms with Crippen LogP contribution in [-0.2, 0) is 4.74 Å². The van der Waals surface area contributed by atoms with Gasteiger partial charge < -0.3 is 19.7 Å². The Labute approximate surface area is 143 Å². The number of hydrogen-bond donors (Lipinski definition) is 1. The molecule has 0 radical (unpaired) electrons. The first kappa shape index (κ1) is 17.0. The van der Waals surface area contributed by atoms with E-state index in [1.165, 1.54) is 0 Å². The Morgan fingerprint density at radius 3 is 2.79 bits per heavy atom. The average Bonchev–Trinajstić information content (AvgIpc) is 2.62. The zero-order valence-corrected chi connectivity index (χ0v) is 14.4. The Bertz CT molecular complexity index is 538. The summed E-state index contributed by atoms with van der Waals surface area (Å²) in [6, 6.07) is 4.25. The summed E-state index contributed by atoms with van der Waals surface area (Å²) in [5.41, 5.74) is 1.06. The number of rotatable bonds is 4. The standard InChI is InChI=1S/C18H27N3O3/c1-14-3-2-8-19-17(14)24-13-15-4-9-21(10-5-15)18(22)20-16-6-11-23-12-7-16/h2-3,8,15-16H,4-7,9-13H2,1H3,(H,20,22). The van der Waals surface area contributed by atoms with Crippen molar-refractivity contribution in [2.45, 2.75) is 38.6 Å². The van der Waals surface area contributed by atoms with Crippen LogP contribution in [-0.4, -0.2) is 54.9 Å². The van der Waals surface area contributed by atoms with E-state index < -0.39 is 0 Å². The third-order valence-electron chi connectivity index (χ3n) is 4.87. The number of urea groups is 1. The first-order valence-electron chi connectivity index (χ1n) is 8.90. The van der Waals surface area contributed by atoms with Crippen molar-refractivity contribution in [2.75, 3.05) is 32.9 Å². The lowest BCUT2D eigenvalue weighted by molar-refractivity contribution is 0.0765. The summed E-state index contributed by atoms with van der Waals surface area (Å²) in [6.45, 7) is 5.77. The predicted octanol–water partition coefficient (Wildman–Crippen LogP) is 2.37. The van der Waals surface area contributed by atoms with Crippen LogP contribution in [0.25, 0.3) is 0 Å².